The van der Waals surface area contributed by atoms with Gasteiger partial charge in [0.1, 0.15) is 16.7 Å². The number of ether oxygens (including phenoxy) is 1. The molecule has 31 heavy (non-hydrogen) atoms. The number of nitrogens with one attached hydrogen (secondary N) is 2. The van der Waals surface area contributed by atoms with Crippen molar-refractivity contribution in [2.45, 2.75) is 17.4 Å². The molecule has 0 aliphatic heterocycles. The summed E-state index contributed by atoms with van der Waals surface area (Å²) in [6.07, 6.45) is 0.158. The van der Waals surface area contributed by atoms with Gasteiger partial charge in [-0.2, -0.15) is 4.72 Å². The molecule has 3 aromatic rings. The van der Waals surface area contributed by atoms with E-state index in [9.17, 15) is 13.2 Å². The average Bonchev–Trinajstić information content (AvgIpc) is 2.75. The highest BCUT2D eigenvalue weighted by Gasteiger charge is 2.28. The molecule has 0 aromatic heterocycles. The minimum absolute atomic E-state index is 0.128. The molecular weight excluding hydrogens is 504 g/mol. The molecule has 0 saturated carbocycles. The molecule has 0 radical (unpaired) electrons. The van der Waals surface area contributed by atoms with Gasteiger partial charge in [0.15, 0.2) is 0 Å². The molecule has 3 rings (SSSR count). The Kier molecular flexibility index (Phi) is 7.72. The quantitative estimate of drug-likeness (QED) is 0.451. The lowest BCUT2D eigenvalue weighted by Crippen LogP contribution is -2.45. The molecule has 9 heteroatoms. The third-order valence-electron chi connectivity index (χ3n) is 4.42. The Bertz CT molecular complexity index is 1160. The van der Waals surface area contributed by atoms with Crippen molar-refractivity contribution in [3.05, 3.63) is 87.9 Å². The number of carbonyl (C=O) groups is 1. The summed E-state index contributed by atoms with van der Waals surface area (Å²) in [6.45, 7) is 0. The van der Waals surface area contributed by atoms with Crippen LogP contribution in [0, 0.1) is 0 Å². The predicted molar refractivity (Wildman–Crippen MR) is 125 cm³/mol. The van der Waals surface area contributed by atoms with Gasteiger partial charge < -0.3 is 10.1 Å². The van der Waals surface area contributed by atoms with Crippen LogP contribution in [0.4, 0.5) is 5.69 Å². The summed E-state index contributed by atoms with van der Waals surface area (Å²) < 4.78 is 34.8. The molecule has 0 aliphatic rings. The van der Waals surface area contributed by atoms with Crippen LogP contribution >= 0.6 is 27.5 Å². The van der Waals surface area contributed by atoms with Gasteiger partial charge in [-0.25, -0.2) is 8.42 Å². The van der Waals surface area contributed by atoms with E-state index in [0.717, 1.165) is 10.0 Å². The van der Waals surface area contributed by atoms with Gasteiger partial charge in [-0.3, -0.25) is 4.79 Å². The highest BCUT2D eigenvalue weighted by Crippen LogP contribution is 2.27. The Balaban J connectivity index is 1.91. The van der Waals surface area contributed by atoms with Crippen molar-refractivity contribution < 1.29 is 17.9 Å². The highest BCUT2D eigenvalue weighted by atomic mass is 79.9. The maximum atomic E-state index is 13.1. The topological polar surface area (TPSA) is 84.5 Å². The number of rotatable bonds is 8. The van der Waals surface area contributed by atoms with Crippen molar-refractivity contribution in [1.82, 2.24) is 4.72 Å². The number of methoxy groups -OCH3 is 1. The monoisotopic (exact) mass is 522 g/mol. The van der Waals surface area contributed by atoms with Crippen LogP contribution in [0.2, 0.25) is 5.02 Å². The highest BCUT2D eigenvalue weighted by molar-refractivity contribution is 9.10. The lowest BCUT2D eigenvalue weighted by Gasteiger charge is -2.20. The Morgan fingerprint density at radius 3 is 2.39 bits per heavy atom. The first-order valence-corrected chi connectivity index (χ1v) is 11.9. The Labute approximate surface area is 194 Å². The summed E-state index contributed by atoms with van der Waals surface area (Å²) in [5, 5.41) is 3.00. The average molecular weight is 524 g/mol. The first-order chi connectivity index (χ1) is 14.8. The summed E-state index contributed by atoms with van der Waals surface area (Å²) in [5.41, 5.74) is 1.35. The van der Waals surface area contributed by atoms with Crippen LogP contribution in [0.5, 0.6) is 5.75 Å². The fourth-order valence-electron chi connectivity index (χ4n) is 2.91. The largest absolute Gasteiger partial charge is 0.495 e. The minimum Gasteiger partial charge on any atom is -0.495 e. The zero-order valence-corrected chi connectivity index (χ0v) is 19.7. The van der Waals surface area contributed by atoms with Gasteiger partial charge in [-0.1, -0.05) is 57.9 Å². The summed E-state index contributed by atoms with van der Waals surface area (Å²) in [7, 11) is -2.75. The van der Waals surface area contributed by atoms with E-state index in [-0.39, 0.29) is 22.1 Å². The van der Waals surface area contributed by atoms with Gasteiger partial charge in [0.2, 0.25) is 15.9 Å². The molecule has 1 amide bonds. The van der Waals surface area contributed by atoms with E-state index in [4.69, 9.17) is 16.3 Å². The van der Waals surface area contributed by atoms with Crippen molar-refractivity contribution in [2.24, 2.45) is 0 Å². The van der Waals surface area contributed by atoms with Crippen molar-refractivity contribution >= 4 is 49.1 Å². The number of hydrogen-bond acceptors (Lipinski definition) is 4. The van der Waals surface area contributed by atoms with E-state index in [2.05, 4.69) is 26.0 Å². The molecule has 0 spiro atoms. The molecule has 0 aliphatic carbocycles. The molecule has 0 unspecified atom stereocenters. The van der Waals surface area contributed by atoms with Gasteiger partial charge in [-0.05, 0) is 54.4 Å². The molecule has 0 fully saturated rings. The van der Waals surface area contributed by atoms with E-state index in [0.29, 0.717) is 5.69 Å². The predicted octanol–water partition coefficient (Wildman–Crippen LogP) is 4.64. The first-order valence-electron chi connectivity index (χ1n) is 9.25. The number of anilines is 1. The van der Waals surface area contributed by atoms with E-state index in [1.54, 1.807) is 24.3 Å². The van der Waals surface area contributed by atoms with Crippen molar-refractivity contribution in [2.75, 3.05) is 12.4 Å². The minimum atomic E-state index is -4.12. The number of hydrogen-bond donors (Lipinski definition) is 2. The second-order valence-electron chi connectivity index (χ2n) is 6.65. The van der Waals surface area contributed by atoms with Crippen molar-refractivity contribution in [3.63, 3.8) is 0 Å². The molecule has 0 bridgehead atoms. The van der Waals surface area contributed by atoms with Crippen molar-refractivity contribution in [3.8, 4) is 5.75 Å². The van der Waals surface area contributed by atoms with E-state index >= 15 is 0 Å². The van der Waals surface area contributed by atoms with Crippen LogP contribution in [0.25, 0.3) is 0 Å². The smallest absolute Gasteiger partial charge is 0.245 e. The Hall–Kier alpha value is -2.39. The summed E-state index contributed by atoms with van der Waals surface area (Å²) >= 11 is 9.34. The van der Waals surface area contributed by atoms with Crippen LogP contribution in [0.3, 0.4) is 0 Å². The van der Waals surface area contributed by atoms with Crippen LogP contribution in [0.15, 0.2) is 82.2 Å². The summed E-state index contributed by atoms with van der Waals surface area (Å²) in [4.78, 5) is 12.9. The Morgan fingerprint density at radius 1 is 1.06 bits per heavy atom. The third-order valence-corrected chi connectivity index (χ3v) is 6.68. The SMILES string of the molecule is COc1ccc(Cl)cc1S(=O)(=O)N[C@H](Cc1ccccc1)C(=O)Nc1ccc(Br)cc1. The lowest BCUT2D eigenvalue weighted by atomic mass is 10.1. The molecule has 0 saturated heterocycles. The van der Waals surface area contributed by atoms with Crippen LogP contribution < -0.4 is 14.8 Å². The molecule has 0 heterocycles. The Morgan fingerprint density at radius 2 is 1.74 bits per heavy atom. The van der Waals surface area contributed by atoms with Crippen LogP contribution in [-0.4, -0.2) is 27.5 Å². The molecule has 6 nitrogen and oxygen atoms in total. The fraction of sp³-hybridized carbons (Fsp3) is 0.136. The van der Waals surface area contributed by atoms with Gasteiger partial charge >= 0.3 is 0 Å². The van der Waals surface area contributed by atoms with Crippen molar-refractivity contribution in [1.29, 1.82) is 0 Å². The number of carbonyl (C=O) groups excluding carboxylic acids is 1. The number of benzene rings is 3. The fourth-order valence-corrected chi connectivity index (χ4v) is 4.80. The summed E-state index contributed by atoms with van der Waals surface area (Å²) in [5.74, 6) is -0.362. The maximum absolute atomic E-state index is 13.1. The molecular formula is C22H20BrClN2O4S. The molecule has 2 N–H and O–H groups in total. The maximum Gasteiger partial charge on any atom is 0.245 e. The second-order valence-corrected chi connectivity index (χ2v) is 9.69. The number of amides is 1. The zero-order chi connectivity index (χ0) is 22.4. The van der Waals surface area contributed by atoms with Gasteiger partial charge in [0.05, 0.1) is 7.11 Å². The van der Waals surface area contributed by atoms with Gasteiger partial charge in [0, 0.05) is 15.2 Å². The summed E-state index contributed by atoms with van der Waals surface area (Å²) in [6, 6.07) is 19.4. The van der Waals surface area contributed by atoms with Gasteiger partial charge in [-0.15, -0.1) is 0 Å². The number of sulfonamides is 1. The van der Waals surface area contributed by atoms with E-state index < -0.39 is 22.0 Å². The van der Waals surface area contributed by atoms with E-state index in [1.807, 2.05) is 30.3 Å². The molecule has 1 atom stereocenters. The normalized spacial score (nSPS) is 12.2. The number of halogens is 2. The molecule has 162 valence electrons. The van der Waals surface area contributed by atoms with Crippen LogP contribution in [0.1, 0.15) is 5.56 Å². The third kappa shape index (κ3) is 6.30. The first kappa shape index (κ1) is 23.3. The zero-order valence-electron chi connectivity index (χ0n) is 16.5. The lowest BCUT2D eigenvalue weighted by molar-refractivity contribution is -0.117. The van der Waals surface area contributed by atoms with Gasteiger partial charge in [0.25, 0.3) is 0 Å². The van der Waals surface area contributed by atoms with Crippen LogP contribution in [-0.2, 0) is 21.2 Å². The second kappa shape index (κ2) is 10.3. The molecule has 3 aromatic carbocycles. The van der Waals surface area contributed by atoms with E-state index in [1.165, 1.54) is 25.3 Å². The standard InChI is InChI=1S/C22H20BrClN2O4S/c1-30-20-12-9-17(24)14-21(20)31(28,29)26-19(13-15-5-3-2-4-6-15)22(27)25-18-10-7-16(23)8-11-18/h2-12,14,19,26H,13H2,1H3,(H,25,27)/t19-/m1/s1.